The van der Waals surface area contributed by atoms with Gasteiger partial charge in [-0.1, -0.05) is 12.1 Å². The van der Waals surface area contributed by atoms with Gasteiger partial charge in [0.15, 0.2) is 0 Å². The first kappa shape index (κ1) is 17.2. The van der Waals surface area contributed by atoms with Crippen LogP contribution < -0.4 is 10.9 Å². The molecule has 25 heavy (non-hydrogen) atoms. The number of rotatable bonds is 4. The van der Waals surface area contributed by atoms with Crippen molar-refractivity contribution in [2.75, 3.05) is 6.54 Å². The maximum Gasteiger partial charge on any atom is 0.286 e. The lowest BCUT2D eigenvalue weighted by Crippen LogP contribution is -2.41. The highest BCUT2D eigenvalue weighted by Gasteiger charge is 2.20. The summed E-state index contributed by atoms with van der Waals surface area (Å²) in [4.78, 5) is 40.2. The second-order valence-corrected chi connectivity index (χ2v) is 6.67. The van der Waals surface area contributed by atoms with Crippen LogP contribution in [-0.4, -0.2) is 34.2 Å². The van der Waals surface area contributed by atoms with Crippen molar-refractivity contribution in [1.82, 2.24) is 20.7 Å². The largest absolute Gasteiger partial charge is 0.356 e. The molecule has 0 radical (unpaired) electrons. The molecule has 130 valence electrons. The van der Waals surface area contributed by atoms with Crippen molar-refractivity contribution in [1.29, 1.82) is 0 Å². The van der Waals surface area contributed by atoms with Gasteiger partial charge in [0.05, 0.1) is 0 Å². The van der Waals surface area contributed by atoms with E-state index in [-0.39, 0.29) is 5.91 Å². The number of likely N-dealkylation sites (tertiary alicyclic amines) is 1. The van der Waals surface area contributed by atoms with Gasteiger partial charge in [0, 0.05) is 35.7 Å². The normalized spacial score (nSPS) is 13.8. The standard InChI is InChI=1S/C17H17BrN4O3/c18-13-8-14(19-9-13)17(25)21-20-16(24)12-5-3-11(4-6-12)10-22-7-1-2-15(22)23/h3-6,8-9,19H,1-2,7,10H2,(H,20,24)(H,21,25). The molecule has 1 aliphatic heterocycles. The summed E-state index contributed by atoms with van der Waals surface area (Å²) in [5.41, 5.74) is 6.43. The summed E-state index contributed by atoms with van der Waals surface area (Å²) in [6.07, 6.45) is 3.13. The molecule has 1 fully saturated rings. The van der Waals surface area contributed by atoms with Gasteiger partial charge in [0.1, 0.15) is 5.69 Å². The minimum absolute atomic E-state index is 0.167. The van der Waals surface area contributed by atoms with E-state index in [1.165, 1.54) is 0 Å². The van der Waals surface area contributed by atoms with Crippen LogP contribution >= 0.6 is 15.9 Å². The molecule has 0 saturated carbocycles. The predicted octanol–water partition coefficient (Wildman–Crippen LogP) is 1.97. The van der Waals surface area contributed by atoms with Crippen LogP contribution in [0.25, 0.3) is 0 Å². The predicted molar refractivity (Wildman–Crippen MR) is 94.5 cm³/mol. The van der Waals surface area contributed by atoms with Crippen molar-refractivity contribution in [3.05, 3.63) is 57.8 Å². The number of halogens is 1. The van der Waals surface area contributed by atoms with Gasteiger partial charge in [-0.25, -0.2) is 0 Å². The Morgan fingerprint density at radius 1 is 1.16 bits per heavy atom. The smallest absolute Gasteiger partial charge is 0.286 e. The molecule has 8 heteroatoms. The van der Waals surface area contributed by atoms with Gasteiger partial charge in [-0.05, 0) is 46.1 Å². The summed E-state index contributed by atoms with van der Waals surface area (Å²) in [5.74, 6) is -0.688. The topological polar surface area (TPSA) is 94.3 Å². The van der Waals surface area contributed by atoms with Crippen LogP contribution in [-0.2, 0) is 11.3 Å². The summed E-state index contributed by atoms with van der Waals surface area (Å²) in [6, 6.07) is 8.57. The number of nitrogens with zero attached hydrogens (tertiary/aromatic N) is 1. The van der Waals surface area contributed by atoms with Crippen molar-refractivity contribution >= 4 is 33.7 Å². The van der Waals surface area contributed by atoms with E-state index < -0.39 is 11.8 Å². The number of hydrazine groups is 1. The molecule has 1 aromatic carbocycles. The van der Waals surface area contributed by atoms with Crippen LogP contribution in [0.2, 0.25) is 0 Å². The van der Waals surface area contributed by atoms with Gasteiger partial charge in [-0.15, -0.1) is 0 Å². The fraction of sp³-hybridized carbons (Fsp3) is 0.235. The maximum atomic E-state index is 12.1. The lowest BCUT2D eigenvalue weighted by molar-refractivity contribution is -0.128. The fourth-order valence-electron chi connectivity index (χ4n) is 2.61. The van der Waals surface area contributed by atoms with Gasteiger partial charge in [0.25, 0.3) is 11.8 Å². The third-order valence-electron chi connectivity index (χ3n) is 3.94. The van der Waals surface area contributed by atoms with Gasteiger partial charge in [-0.3, -0.25) is 25.2 Å². The first-order chi connectivity index (χ1) is 12.0. The van der Waals surface area contributed by atoms with Crippen LogP contribution in [0.4, 0.5) is 0 Å². The molecule has 2 aromatic rings. The van der Waals surface area contributed by atoms with Crippen LogP contribution in [0.3, 0.4) is 0 Å². The summed E-state index contributed by atoms with van der Waals surface area (Å²) in [7, 11) is 0. The molecular formula is C17H17BrN4O3. The number of carbonyl (C=O) groups is 3. The molecule has 0 unspecified atom stereocenters. The van der Waals surface area contributed by atoms with E-state index in [1.807, 2.05) is 17.0 Å². The zero-order valence-corrected chi connectivity index (χ0v) is 14.9. The lowest BCUT2D eigenvalue weighted by Gasteiger charge is -2.15. The van der Waals surface area contributed by atoms with Crippen molar-refractivity contribution < 1.29 is 14.4 Å². The summed E-state index contributed by atoms with van der Waals surface area (Å²) >= 11 is 3.24. The van der Waals surface area contributed by atoms with Crippen molar-refractivity contribution in [3.8, 4) is 0 Å². The highest BCUT2D eigenvalue weighted by molar-refractivity contribution is 9.10. The fourth-order valence-corrected chi connectivity index (χ4v) is 2.95. The van der Waals surface area contributed by atoms with Gasteiger partial charge < -0.3 is 9.88 Å². The van der Waals surface area contributed by atoms with E-state index in [4.69, 9.17) is 0 Å². The number of benzene rings is 1. The average Bonchev–Trinajstić information content (AvgIpc) is 3.22. The van der Waals surface area contributed by atoms with Crippen molar-refractivity contribution in [2.24, 2.45) is 0 Å². The quantitative estimate of drug-likeness (QED) is 0.679. The Kier molecular flexibility index (Phi) is 5.18. The molecule has 0 atom stereocenters. The molecule has 1 saturated heterocycles. The highest BCUT2D eigenvalue weighted by Crippen LogP contribution is 2.15. The Morgan fingerprint density at radius 3 is 2.48 bits per heavy atom. The van der Waals surface area contributed by atoms with Crippen molar-refractivity contribution in [2.45, 2.75) is 19.4 Å². The van der Waals surface area contributed by atoms with Gasteiger partial charge in [-0.2, -0.15) is 0 Å². The number of amides is 3. The average molecular weight is 405 g/mol. The number of hydrogen-bond donors (Lipinski definition) is 3. The van der Waals surface area contributed by atoms with E-state index in [9.17, 15) is 14.4 Å². The monoisotopic (exact) mass is 404 g/mol. The van der Waals surface area contributed by atoms with Crippen LogP contribution in [0.15, 0.2) is 41.0 Å². The van der Waals surface area contributed by atoms with Gasteiger partial charge >= 0.3 is 0 Å². The molecule has 2 heterocycles. The number of carbonyl (C=O) groups excluding carboxylic acids is 3. The molecule has 1 aromatic heterocycles. The molecule has 1 aliphatic rings. The zero-order chi connectivity index (χ0) is 17.8. The number of nitrogens with one attached hydrogen (secondary N) is 3. The number of aromatic amines is 1. The van der Waals surface area contributed by atoms with Crippen LogP contribution in [0.1, 0.15) is 39.3 Å². The summed E-state index contributed by atoms with van der Waals surface area (Å²) in [5, 5.41) is 0. The first-order valence-corrected chi connectivity index (χ1v) is 8.63. The minimum Gasteiger partial charge on any atom is -0.356 e. The first-order valence-electron chi connectivity index (χ1n) is 7.84. The van der Waals surface area contributed by atoms with E-state index >= 15 is 0 Å². The molecular weight excluding hydrogens is 388 g/mol. The number of aromatic nitrogens is 1. The SMILES string of the molecule is O=C(NNC(=O)c1cc(Br)c[nH]1)c1ccc(CN2CCCC2=O)cc1. The summed E-state index contributed by atoms with van der Waals surface area (Å²) < 4.78 is 0.746. The van der Waals surface area contributed by atoms with Crippen molar-refractivity contribution in [3.63, 3.8) is 0 Å². The molecule has 3 amide bonds. The Bertz CT molecular complexity index is 800. The second-order valence-electron chi connectivity index (χ2n) is 5.76. The third-order valence-corrected chi connectivity index (χ3v) is 4.40. The molecule has 0 spiro atoms. The van der Waals surface area contributed by atoms with Gasteiger partial charge in [0.2, 0.25) is 5.91 Å². The Hall–Kier alpha value is -2.61. The zero-order valence-electron chi connectivity index (χ0n) is 13.3. The number of H-pyrrole nitrogens is 1. The Labute approximate surface area is 152 Å². The molecule has 0 bridgehead atoms. The molecule has 3 rings (SSSR count). The number of hydrogen-bond acceptors (Lipinski definition) is 3. The highest BCUT2D eigenvalue weighted by atomic mass is 79.9. The third kappa shape index (κ3) is 4.27. The van der Waals surface area contributed by atoms with Crippen LogP contribution in [0.5, 0.6) is 0 Å². The Morgan fingerprint density at radius 2 is 1.88 bits per heavy atom. The van der Waals surface area contributed by atoms with E-state index in [1.54, 1.807) is 24.4 Å². The lowest BCUT2D eigenvalue weighted by atomic mass is 10.1. The molecule has 3 N–H and O–H groups in total. The minimum atomic E-state index is -0.441. The van der Waals surface area contributed by atoms with Crippen LogP contribution in [0, 0.1) is 0 Å². The second kappa shape index (κ2) is 7.52. The van der Waals surface area contributed by atoms with E-state index in [0.717, 1.165) is 23.0 Å². The van der Waals surface area contributed by atoms with E-state index in [2.05, 4.69) is 31.8 Å². The van der Waals surface area contributed by atoms with E-state index in [0.29, 0.717) is 24.2 Å². The molecule has 0 aliphatic carbocycles. The maximum absolute atomic E-state index is 12.1. The summed E-state index contributed by atoms with van der Waals surface area (Å²) in [6.45, 7) is 1.33. The Balaban J connectivity index is 1.53. The molecule has 7 nitrogen and oxygen atoms in total.